The van der Waals surface area contributed by atoms with Gasteiger partial charge in [-0.05, 0) is 13.0 Å². The number of hydrogen-bond donors (Lipinski definition) is 0. The molecule has 0 fully saturated rings. The molecule has 0 aliphatic carbocycles. The molecule has 0 saturated heterocycles. The first-order chi connectivity index (χ1) is 8.60. The zero-order valence-electron chi connectivity index (χ0n) is 9.95. The summed E-state index contributed by atoms with van der Waals surface area (Å²) in [4.78, 5) is 11.7. The van der Waals surface area contributed by atoms with E-state index in [-0.39, 0.29) is 18.6 Å². The topological polar surface area (TPSA) is 50.1 Å². The minimum absolute atomic E-state index is 0.0306. The Labute approximate surface area is 104 Å². The van der Waals surface area contributed by atoms with Crippen LogP contribution in [0.1, 0.15) is 24.8 Å². The lowest BCUT2D eigenvalue weighted by Gasteiger charge is -2.09. The third-order valence-electron chi connectivity index (χ3n) is 2.42. The summed E-state index contributed by atoms with van der Waals surface area (Å²) >= 11 is 0. The summed E-state index contributed by atoms with van der Waals surface area (Å²) < 4.78 is 31.2. The monoisotopic (exact) mass is 253 g/mol. The van der Waals surface area contributed by atoms with Crippen molar-refractivity contribution in [1.29, 1.82) is 5.26 Å². The quantitative estimate of drug-likeness (QED) is 0.732. The molecule has 0 aromatic heterocycles. The van der Waals surface area contributed by atoms with Crippen molar-refractivity contribution in [2.75, 3.05) is 13.2 Å². The lowest BCUT2D eigenvalue weighted by molar-refractivity contribution is -0.120. The average molecular weight is 253 g/mol. The third kappa shape index (κ3) is 3.60. The number of hydrogen-bond acceptors (Lipinski definition) is 3. The van der Waals surface area contributed by atoms with Gasteiger partial charge in [0.1, 0.15) is 17.6 Å². The normalized spacial score (nSPS) is 11.9. The molecule has 1 rings (SSSR count). The fourth-order valence-electron chi connectivity index (χ4n) is 1.51. The maximum Gasteiger partial charge on any atom is 0.156 e. The number of Topliss-reactive ketones (excluding diaryl/α,β-unsaturated/α-hetero) is 1. The molecule has 0 aliphatic rings. The average Bonchev–Trinajstić information content (AvgIpc) is 2.33. The van der Waals surface area contributed by atoms with Gasteiger partial charge in [0.25, 0.3) is 0 Å². The van der Waals surface area contributed by atoms with Gasteiger partial charge in [0.05, 0.1) is 12.7 Å². The van der Waals surface area contributed by atoms with E-state index in [4.69, 9.17) is 10.00 Å². The molecule has 0 heterocycles. The zero-order valence-corrected chi connectivity index (χ0v) is 9.95. The Morgan fingerprint density at radius 3 is 2.78 bits per heavy atom. The summed E-state index contributed by atoms with van der Waals surface area (Å²) in [5.41, 5.74) is -0.0969. The van der Waals surface area contributed by atoms with Gasteiger partial charge in [-0.3, -0.25) is 4.79 Å². The molecule has 0 saturated carbocycles. The van der Waals surface area contributed by atoms with Crippen LogP contribution < -0.4 is 0 Å². The molecule has 0 bridgehead atoms. The highest BCUT2D eigenvalue weighted by molar-refractivity contribution is 5.88. The standard InChI is InChI=1S/C13H13F2NO2/c1-2-18-6-5-13(17)11(8-16)10-4-3-9(14)7-12(10)15/h3-4,7,11H,2,5-6H2,1H3. The van der Waals surface area contributed by atoms with E-state index in [0.29, 0.717) is 12.7 Å². The van der Waals surface area contributed by atoms with E-state index in [1.54, 1.807) is 13.0 Å². The molecule has 96 valence electrons. The minimum atomic E-state index is -1.22. The fraction of sp³-hybridized carbons (Fsp3) is 0.385. The highest BCUT2D eigenvalue weighted by atomic mass is 19.1. The Kier molecular flexibility index (Phi) is 5.40. The highest BCUT2D eigenvalue weighted by Gasteiger charge is 2.23. The van der Waals surface area contributed by atoms with Crippen molar-refractivity contribution >= 4 is 5.78 Å². The predicted molar refractivity (Wildman–Crippen MR) is 60.8 cm³/mol. The van der Waals surface area contributed by atoms with E-state index >= 15 is 0 Å². The van der Waals surface area contributed by atoms with Crippen LogP contribution in [0.3, 0.4) is 0 Å². The maximum atomic E-state index is 13.5. The van der Waals surface area contributed by atoms with Gasteiger partial charge in [-0.1, -0.05) is 6.07 Å². The van der Waals surface area contributed by atoms with Gasteiger partial charge in [-0.2, -0.15) is 5.26 Å². The number of carbonyl (C=O) groups is 1. The molecule has 1 unspecified atom stereocenters. The summed E-state index contributed by atoms with van der Waals surface area (Å²) in [6.07, 6.45) is 0.0306. The van der Waals surface area contributed by atoms with Crippen molar-refractivity contribution in [3.8, 4) is 6.07 Å². The van der Waals surface area contributed by atoms with Crippen molar-refractivity contribution in [3.05, 3.63) is 35.4 Å². The molecule has 1 aromatic carbocycles. The summed E-state index contributed by atoms with van der Waals surface area (Å²) in [6.45, 7) is 2.44. The molecular formula is C13H13F2NO2. The van der Waals surface area contributed by atoms with E-state index in [0.717, 1.165) is 12.1 Å². The Morgan fingerprint density at radius 1 is 1.50 bits per heavy atom. The number of ether oxygens (including phenoxy) is 1. The highest BCUT2D eigenvalue weighted by Crippen LogP contribution is 2.21. The van der Waals surface area contributed by atoms with Crippen LogP contribution >= 0.6 is 0 Å². The first-order valence-electron chi connectivity index (χ1n) is 5.55. The second kappa shape index (κ2) is 6.82. The largest absolute Gasteiger partial charge is 0.381 e. The number of ketones is 1. The van der Waals surface area contributed by atoms with Crippen molar-refractivity contribution in [1.82, 2.24) is 0 Å². The zero-order chi connectivity index (χ0) is 13.5. The Hall–Kier alpha value is -1.80. The molecule has 18 heavy (non-hydrogen) atoms. The van der Waals surface area contributed by atoms with Gasteiger partial charge in [0.15, 0.2) is 5.78 Å². The van der Waals surface area contributed by atoms with Crippen LogP contribution in [0.4, 0.5) is 8.78 Å². The molecule has 1 aromatic rings. The van der Waals surface area contributed by atoms with Crippen molar-refractivity contribution in [2.24, 2.45) is 0 Å². The van der Waals surface area contributed by atoms with Crippen LogP contribution in [0.5, 0.6) is 0 Å². The number of nitrogens with zero attached hydrogens (tertiary/aromatic N) is 1. The second-order valence-corrected chi connectivity index (χ2v) is 3.64. The molecule has 3 nitrogen and oxygen atoms in total. The predicted octanol–water partition coefficient (Wildman–Crippen LogP) is 2.57. The smallest absolute Gasteiger partial charge is 0.156 e. The number of halogens is 2. The molecule has 0 spiro atoms. The fourth-order valence-corrected chi connectivity index (χ4v) is 1.51. The minimum Gasteiger partial charge on any atom is -0.381 e. The Bertz CT molecular complexity index is 469. The lowest BCUT2D eigenvalue weighted by atomic mass is 9.94. The molecular weight excluding hydrogens is 240 g/mol. The van der Waals surface area contributed by atoms with Crippen molar-refractivity contribution < 1.29 is 18.3 Å². The SMILES string of the molecule is CCOCCC(=O)C(C#N)c1ccc(F)cc1F. The summed E-state index contributed by atoms with van der Waals surface area (Å²) in [7, 11) is 0. The van der Waals surface area contributed by atoms with Gasteiger partial charge < -0.3 is 4.74 Å². The van der Waals surface area contributed by atoms with Crippen LogP contribution in [0, 0.1) is 23.0 Å². The second-order valence-electron chi connectivity index (χ2n) is 3.64. The summed E-state index contributed by atoms with van der Waals surface area (Å²) in [6, 6.07) is 4.55. The van der Waals surface area contributed by atoms with Gasteiger partial charge >= 0.3 is 0 Å². The van der Waals surface area contributed by atoms with E-state index in [9.17, 15) is 13.6 Å². The molecule has 0 N–H and O–H groups in total. The maximum absolute atomic E-state index is 13.5. The third-order valence-corrected chi connectivity index (χ3v) is 2.42. The van der Waals surface area contributed by atoms with Crippen LogP contribution in [0.15, 0.2) is 18.2 Å². The van der Waals surface area contributed by atoms with Gasteiger partial charge in [-0.25, -0.2) is 8.78 Å². The Balaban J connectivity index is 2.83. The lowest BCUT2D eigenvalue weighted by Crippen LogP contribution is -2.14. The van der Waals surface area contributed by atoms with Crippen molar-refractivity contribution in [2.45, 2.75) is 19.3 Å². The van der Waals surface area contributed by atoms with Crippen LogP contribution in [0.2, 0.25) is 0 Å². The van der Waals surface area contributed by atoms with E-state index in [1.165, 1.54) is 0 Å². The van der Waals surface area contributed by atoms with Gasteiger partial charge in [0, 0.05) is 24.7 Å². The van der Waals surface area contributed by atoms with E-state index in [2.05, 4.69) is 0 Å². The van der Waals surface area contributed by atoms with E-state index in [1.807, 2.05) is 0 Å². The Morgan fingerprint density at radius 2 is 2.22 bits per heavy atom. The molecule has 1 atom stereocenters. The van der Waals surface area contributed by atoms with Crippen LogP contribution in [-0.2, 0) is 9.53 Å². The first kappa shape index (κ1) is 14.3. The number of rotatable bonds is 6. The van der Waals surface area contributed by atoms with Gasteiger partial charge in [0.2, 0.25) is 0 Å². The van der Waals surface area contributed by atoms with Gasteiger partial charge in [-0.15, -0.1) is 0 Å². The number of benzene rings is 1. The van der Waals surface area contributed by atoms with E-state index < -0.39 is 23.3 Å². The summed E-state index contributed by atoms with van der Waals surface area (Å²) in [5, 5.41) is 8.93. The van der Waals surface area contributed by atoms with Crippen LogP contribution in [-0.4, -0.2) is 19.0 Å². The molecule has 5 heteroatoms. The number of nitriles is 1. The number of carbonyl (C=O) groups excluding carboxylic acids is 1. The van der Waals surface area contributed by atoms with Crippen LogP contribution in [0.25, 0.3) is 0 Å². The first-order valence-corrected chi connectivity index (χ1v) is 5.55. The molecule has 0 aliphatic heterocycles. The summed E-state index contributed by atoms with van der Waals surface area (Å²) in [5.74, 6) is -3.27. The molecule has 0 radical (unpaired) electrons. The van der Waals surface area contributed by atoms with Crippen molar-refractivity contribution in [3.63, 3.8) is 0 Å². The molecule has 0 amide bonds.